The lowest BCUT2D eigenvalue weighted by molar-refractivity contribution is -0.120. The van der Waals surface area contributed by atoms with Gasteiger partial charge < -0.3 is 11.5 Å². The zero-order chi connectivity index (χ0) is 12.5. The van der Waals surface area contributed by atoms with Crippen LogP contribution in [0.1, 0.15) is 41.6 Å². The zero-order valence-electron chi connectivity index (χ0n) is 9.61. The summed E-state index contributed by atoms with van der Waals surface area (Å²) < 4.78 is 0. The lowest BCUT2D eigenvalue weighted by Crippen LogP contribution is -2.38. The highest BCUT2D eigenvalue weighted by molar-refractivity contribution is 5.92. The van der Waals surface area contributed by atoms with Crippen LogP contribution in [-0.2, 0) is 10.2 Å². The number of carbonyl (C=O) groups excluding carboxylic acids is 2. The Morgan fingerprint density at radius 1 is 1.12 bits per heavy atom. The van der Waals surface area contributed by atoms with Crippen molar-refractivity contribution in [2.75, 3.05) is 0 Å². The Labute approximate surface area is 100.0 Å². The van der Waals surface area contributed by atoms with Crippen LogP contribution < -0.4 is 11.5 Å². The maximum atomic E-state index is 11.1. The fraction of sp³-hybridized carbons (Fsp3) is 0.385. The van der Waals surface area contributed by atoms with Gasteiger partial charge in [-0.3, -0.25) is 9.59 Å². The number of carbonyl (C=O) groups is 2. The standard InChI is InChI=1S/C13H16N2O2/c14-11(16)8-13(6-1-7-13)10-4-2-9(3-5-10)12(15)17/h2-5H,1,6-8H2,(H2,14,16)(H2,15,17). The SMILES string of the molecule is NC(=O)CC1(c2ccc(C(N)=O)cc2)CCC1. The lowest BCUT2D eigenvalue weighted by Gasteiger charge is -2.41. The first-order chi connectivity index (χ1) is 8.03. The molecule has 1 fully saturated rings. The van der Waals surface area contributed by atoms with Crippen LogP contribution in [0.15, 0.2) is 24.3 Å². The highest BCUT2D eigenvalue weighted by Gasteiger charge is 2.39. The molecule has 4 heteroatoms. The summed E-state index contributed by atoms with van der Waals surface area (Å²) in [6.45, 7) is 0. The number of rotatable bonds is 4. The Hall–Kier alpha value is -1.84. The van der Waals surface area contributed by atoms with Gasteiger partial charge >= 0.3 is 0 Å². The highest BCUT2D eigenvalue weighted by atomic mass is 16.1. The molecule has 4 N–H and O–H groups in total. The van der Waals surface area contributed by atoms with Crippen molar-refractivity contribution in [1.29, 1.82) is 0 Å². The van der Waals surface area contributed by atoms with E-state index in [9.17, 15) is 9.59 Å². The molecule has 1 aliphatic rings. The maximum Gasteiger partial charge on any atom is 0.248 e. The second kappa shape index (κ2) is 4.20. The topological polar surface area (TPSA) is 86.2 Å². The largest absolute Gasteiger partial charge is 0.370 e. The first kappa shape index (κ1) is 11.6. The second-order valence-corrected chi connectivity index (χ2v) is 4.72. The predicted molar refractivity (Wildman–Crippen MR) is 64.3 cm³/mol. The molecule has 2 rings (SSSR count). The Bertz CT molecular complexity index is 447. The third-order valence-electron chi connectivity index (χ3n) is 3.61. The minimum absolute atomic E-state index is 0.109. The quantitative estimate of drug-likeness (QED) is 0.813. The first-order valence-electron chi connectivity index (χ1n) is 5.72. The molecule has 4 nitrogen and oxygen atoms in total. The van der Waals surface area contributed by atoms with E-state index in [4.69, 9.17) is 11.5 Å². The van der Waals surface area contributed by atoms with Crippen molar-refractivity contribution in [1.82, 2.24) is 0 Å². The summed E-state index contributed by atoms with van der Waals surface area (Å²) in [5.74, 6) is -0.710. The molecule has 0 spiro atoms. The van der Waals surface area contributed by atoms with Crippen molar-refractivity contribution in [2.24, 2.45) is 11.5 Å². The molecule has 1 saturated carbocycles. The van der Waals surface area contributed by atoms with E-state index in [1.54, 1.807) is 12.1 Å². The van der Waals surface area contributed by atoms with Crippen molar-refractivity contribution >= 4 is 11.8 Å². The van der Waals surface area contributed by atoms with E-state index in [0.717, 1.165) is 24.8 Å². The van der Waals surface area contributed by atoms with Gasteiger partial charge in [-0.2, -0.15) is 0 Å². The minimum atomic E-state index is -0.436. The van der Waals surface area contributed by atoms with Crippen LogP contribution in [-0.4, -0.2) is 11.8 Å². The molecular weight excluding hydrogens is 216 g/mol. The summed E-state index contributed by atoms with van der Waals surface area (Å²) in [4.78, 5) is 22.1. The fourth-order valence-electron chi connectivity index (χ4n) is 2.49. The van der Waals surface area contributed by atoms with Crippen LogP contribution in [0.5, 0.6) is 0 Å². The molecular formula is C13H16N2O2. The summed E-state index contributed by atoms with van der Waals surface area (Å²) in [7, 11) is 0. The van der Waals surface area contributed by atoms with Gasteiger partial charge in [-0.05, 0) is 30.5 Å². The number of hydrogen-bond acceptors (Lipinski definition) is 2. The van der Waals surface area contributed by atoms with E-state index >= 15 is 0 Å². The van der Waals surface area contributed by atoms with Gasteiger partial charge in [0, 0.05) is 17.4 Å². The first-order valence-corrected chi connectivity index (χ1v) is 5.72. The van der Waals surface area contributed by atoms with Crippen molar-refractivity contribution in [3.05, 3.63) is 35.4 Å². The summed E-state index contributed by atoms with van der Waals surface area (Å²) in [6, 6.07) is 7.17. The minimum Gasteiger partial charge on any atom is -0.370 e. The average Bonchev–Trinajstić information content (AvgIpc) is 2.23. The van der Waals surface area contributed by atoms with E-state index < -0.39 is 5.91 Å². The van der Waals surface area contributed by atoms with E-state index in [1.165, 1.54) is 0 Å². The zero-order valence-corrected chi connectivity index (χ0v) is 9.61. The van der Waals surface area contributed by atoms with E-state index in [0.29, 0.717) is 12.0 Å². The van der Waals surface area contributed by atoms with Crippen LogP contribution in [0.4, 0.5) is 0 Å². The van der Waals surface area contributed by atoms with Crippen LogP contribution in [0.25, 0.3) is 0 Å². The maximum absolute atomic E-state index is 11.1. The van der Waals surface area contributed by atoms with Crippen LogP contribution in [0.2, 0.25) is 0 Å². The van der Waals surface area contributed by atoms with Crippen molar-refractivity contribution in [3.8, 4) is 0 Å². The van der Waals surface area contributed by atoms with Gasteiger partial charge in [-0.25, -0.2) is 0 Å². The average molecular weight is 232 g/mol. The van der Waals surface area contributed by atoms with E-state index in [-0.39, 0.29) is 11.3 Å². The Morgan fingerprint density at radius 3 is 2.06 bits per heavy atom. The molecule has 90 valence electrons. The molecule has 0 heterocycles. The molecule has 1 aromatic rings. The molecule has 0 saturated heterocycles. The van der Waals surface area contributed by atoms with E-state index in [1.807, 2.05) is 12.1 Å². The highest BCUT2D eigenvalue weighted by Crippen LogP contribution is 2.46. The van der Waals surface area contributed by atoms with Crippen LogP contribution in [0, 0.1) is 0 Å². The van der Waals surface area contributed by atoms with Crippen molar-refractivity contribution in [3.63, 3.8) is 0 Å². The Morgan fingerprint density at radius 2 is 1.71 bits per heavy atom. The molecule has 0 radical (unpaired) electrons. The van der Waals surface area contributed by atoms with Gasteiger partial charge in [0.25, 0.3) is 0 Å². The smallest absolute Gasteiger partial charge is 0.248 e. The van der Waals surface area contributed by atoms with Gasteiger partial charge in [-0.1, -0.05) is 18.6 Å². The monoisotopic (exact) mass is 232 g/mol. The second-order valence-electron chi connectivity index (χ2n) is 4.72. The fourth-order valence-corrected chi connectivity index (χ4v) is 2.49. The summed E-state index contributed by atoms with van der Waals surface area (Å²) in [5, 5.41) is 0. The van der Waals surface area contributed by atoms with Gasteiger partial charge in [-0.15, -0.1) is 0 Å². The van der Waals surface area contributed by atoms with Gasteiger partial charge in [0.15, 0.2) is 0 Å². The lowest BCUT2D eigenvalue weighted by atomic mass is 9.62. The van der Waals surface area contributed by atoms with Gasteiger partial charge in [0.05, 0.1) is 0 Å². The van der Waals surface area contributed by atoms with Gasteiger partial charge in [0.2, 0.25) is 11.8 Å². The molecule has 17 heavy (non-hydrogen) atoms. The van der Waals surface area contributed by atoms with E-state index in [2.05, 4.69) is 0 Å². The third kappa shape index (κ3) is 2.16. The summed E-state index contributed by atoms with van der Waals surface area (Å²) in [5.41, 5.74) is 11.9. The number of hydrogen-bond donors (Lipinski definition) is 2. The molecule has 0 aromatic heterocycles. The molecule has 1 aromatic carbocycles. The normalized spacial score (nSPS) is 17.2. The van der Waals surface area contributed by atoms with Crippen molar-refractivity contribution < 1.29 is 9.59 Å². The van der Waals surface area contributed by atoms with Crippen LogP contribution in [0.3, 0.4) is 0 Å². The molecule has 2 amide bonds. The Kier molecular flexibility index (Phi) is 2.88. The number of benzene rings is 1. The number of nitrogens with two attached hydrogens (primary N) is 2. The summed E-state index contributed by atoms with van der Waals surface area (Å²) >= 11 is 0. The molecule has 1 aliphatic carbocycles. The van der Waals surface area contributed by atoms with Crippen molar-refractivity contribution in [2.45, 2.75) is 31.1 Å². The number of primary amides is 2. The third-order valence-corrected chi connectivity index (χ3v) is 3.61. The number of amides is 2. The van der Waals surface area contributed by atoms with Gasteiger partial charge in [0.1, 0.15) is 0 Å². The predicted octanol–water partition coefficient (Wildman–Crippen LogP) is 1.08. The summed E-state index contributed by atoms with van der Waals surface area (Å²) in [6.07, 6.45) is 3.45. The Balaban J connectivity index is 2.26. The van der Waals surface area contributed by atoms with Crippen LogP contribution >= 0.6 is 0 Å². The molecule has 0 bridgehead atoms. The molecule has 0 atom stereocenters. The molecule has 0 unspecified atom stereocenters. The molecule has 0 aliphatic heterocycles.